The molecule has 4 amide bonds. The molecule has 3 aromatic rings. The standard InChI is InChI=1S/C34H40Cl2F3N5O6/c1-5-17(3)26(29(40)45)42-31(47)33(12-11-24-22(15-33)21-13-20(35)14-23(36)27(21)41-24)43-30(46)28(18(4)6-2)44(32(48)49)16-19-9-7-8-10-25(19)50-34(37,38)39/h7-10,13-14,17-18,26,28,41H,5-6,11-12,15-16H2,1-4H3,(H2,40,45)(H,42,47)(H,43,46)(H,48,49)/p-1/t17?,18?,26-,28-,33+/m0/s1. The molecule has 2 unspecified atom stereocenters. The number of ether oxygens (including phenoxy) is 1. The number of amides is 4. The van der Waals surface area contributed by atoms with Gasteiger partial charge in [0.1, 0.15) is 29.5 Å². The number of aryl methyl sites for hydroxylation is 1. The van der Waals surface area contributed by atoms with E-state index in [0.717, 1.165) is 11.8 Å². The Morgan fingerprint density at radius 1 is 1.10 bits per heavy atom. The number of benzene rings is 2. The summed E-state index contributed by atoms with van der Waals surface area (Å²) in [5, 5.41) is 19.5. The lowest BCUT2D eigenvalue weighted by Gasteiger charge is -2.42. The van der Waals surface area contributed by atoms with Crippen LogP contribution in [-0.2, 0) is 33.8 Å². The van der Waals surface area contributed by atoms with Gasteiger partial charge in [-0.1, -0.05) is 81.9 Å². The van der Waals surface area contributed by atoms with Gasteiger partial charge in [0.25, 0.3) is 0 Å². The van der Waals surface area contributed by atoms with Gasteiger partial charge in [-0.25, -0.2) is 0 Å². The van der Waals surface area contributed by atoms with E-state index in [4.69, 9.17) is 28.9 Å². The zero-order valence-corrected chi connectivity index (χ0v) is 29.4. The molecule has 1 aromatic heterocycles. The lowest BCUT2D eigenvalue weighted by Crippen LogP contribution is -2.67. The van der Waals surface area contributed by atoms with E-state index in [9.17, 15) is 37.5 Å². The summed E-state index contributed by atoms with van der Waals surface area (Å²) in [4.78, 5) is 57.8. The molecule has 0 aliphatic heterocycles. The Labute approximate surface area is 297 Å². The number of nitrogens with zero attached hydrogens (tertiary/aromatic N) is 1. The predicted octanol–water partition coefficient (Wildman–Crippen LogP) is 4.99. The predicted molar refractivity (Wildman–Crippen MR) is 179 cm³/mol. The average molecular weight is 742 g/mol. The third-order valence-corrected chi connectivity index (χ3v) is 9.98. The second kappa shape index (κ2) is 15.4. The second-order valence-electron chi connectivity index (χ2n) is 12.8. The van der Waals surface area contributed by atoms with Crippen molar-refractivity contribution in [2.45, 2.75) is 90.3 Å². The number of carbonyl (C=O) groups excluding carboxylic acids is 4. The van der Waals surface area contributed by atoms with Crippen molar-refractivity contribution in [3.8, 4) is 5.75 Å². The Bertz CT molecular complexity index is 1770. The lowest BCUT2D eigenvalue weighted by atomic mass is 9.78. The molecule has 50 heavy (non-hydrogen) atoms. The minimum absolute atomic E-state index is 0.0164. The highest BCUT2D eigenvalue weighted by Gasteiger charge is 2.47. The second-order valence-corrected chi connectivity index (χ2v) is 13.6. The Balaban J connectivity index is 1.79. The quantitative estimate of drug-likeness (QED) is 0.192. The molecule has 16 heteroatoms. The highest BCUT2D eigenvalue weighted by Crippen LogP contribution is 2.39. The molecule has 0 saturated heterocycles. The highest BCUT2D eigenvalue weighted by atomic mass is 35.5. The van der Waals surface area contributed by atoms with E-state index in [1.54, 1.807) is 32.9 Å². The van der Waals surface area contributed by atoms with Gasteiger partial charge in [0.2, 0.25) is 17.7 Å². The average Bonchev–Trinajstić information content (AvgIpc) is 3.40. The topological polar surface area (TPSA) is 170 Å². The molecule has 1 aliphatic rings. The number of carbonyl (C=O) groups is 4. The highest BCUT2D eigenvalue weighted by molar-refractivity contribution is 6.38. The summed E-state index contributed by atoms with van der Waals surface area (Å²) in [6.07, 6.45) is -5.99. The first kappa shape index (κ1) is 38.6. The summed E-state index contributed by atoms with van der Waals surface area (Å²) in [6.45, 7) is 6.16. The van der Waals surface area contributed by atoms with Crippen LogP contribution in [0.4, 0.5) is 18.0 Å². The van der Waals surface area contributed by atoms with Crippen molar-refractivity contribution >= 4 is 57.9 Å². The van der Waals surface area contributed by atoms with E-state index in [0.29, 0.717) is 37.8 Å². The van der Waals surface area contributed by atoms with Gasteiger partial charge in [-0.15, -0.1) is 13.2 Å². The van der Waals surface area contributed by atoms with Crippen LogP contribution in [0.15, 0.2) is 36.4 Å². The monoisotopic (exact) mass is 740 g/mol. The molecular formula is C34H39Cl2F3N5O6-. The Morgan fingerprint density at radius 2 is 1.76 bits per heavy atom. The van der Waals surface area contributed by atoms with Gasteiger partial charge in [-0.2, -0.15) is 0 Å². The molecule has 5 N–H and O–H groups in total. The molecule has 0 saturated carbocycles. The number of aromatic nitrogens is 1. The molecule has 0 radical (unpaired) electrons. The number of halogens is 5. The van der Waals surface area contributed by atoms with Crippen LogP contribution >= 0.6 is 23.2 Å². The fourth-order valence-electron chi connectivity index (χ4n) is 6.40. The van der Waals surface area contributed by atoms with E-state index in [1.165, 1.54) is 18.2 Å². The molecule has 1 heterocycles. The number of nitrogens with one attached hydrogen (secondary N) is 3. The zero-order valence-electron chi connectivity index (χ0n) is 27.9. The maximum atomic E-state index is 14.4. The summed E-state index contributed by atoms with van der Waals surface area (Å²) in [6, 6.07) is 5.56. The Kier molecular flexibility index (Phi) is 11.9. The van der Waals surface area contributed by atoms with Crippen molar-refractivity contribution in [1.82, 2.24) is 20.5 Å². The number of alkyl halides is 3. The molecule has 0 bridgehead atoms. The molecule has 11 nitrogen and oxygen atoms in total. The number of aromatic amines is 1. The van der Waals surface area contributed by atoms with Crippen molar-refractivity contribution in [3.05, 3.63) is 63.3 Å². The van der Waals surface area contributed by atoms with Crippen molar-refractivity contribution in [2.24, 2.45) is 17.6 Å². The molecule has 4 rings (SSSR count). The summed E-state index contributed by atoms with van der Waals surface area (Å²) in [5.74, 6) is -4.12. The lowest BCUT2D eigenvalue weighted by molar-refractivity contribution is -0.275. The minimum atomic E-state index is -5.07. The number of para-hydroxylation sites is 1. The minimum Gasteiger partial charge on any atom is -0.530 e. The molecule has 5 atom stereocenters. The molecule has 1 aliphatic carbocycles. The van der Waals surface area contributed by atoms with Crippen LogP contribution in [0.3, 0.4) is 0 Å². The van der Waals surface area contributed by atoms with Crippen LogP contribution in [0.5, 0.6) is 5.75 Å². The fourth-order valence-corrected chi connectivity index (χ4v) is 6.94. The normalized spacial score (nSPS) is 18.3. The van der Waals surface area contributed by atoms with Gasteiger partial charge in [-0.05, 0) is 48.4 Å². The van der Waals surface area contributed by atoms with Crippen LogP contribution in [0.2, 0.25) is 10.0 Å². The van der Waals surface area contributed by atoms with Crippen molar-refractivity contribution in [3.63, 3.8) is 0 Å². The number of fused-ring (bicyclic) bond motifs is 3. The van der Waals surface area contributed by atoms with Crippen molar-refractivity contribution in [2.75, 3.05) is 0 Å². The first-order chi connectivity index (χ1) is 23.4. The van der Waals surface area contributed by atoms with E-state index >= 15 is 0 Å². The summed E-state index contributed by atoms with van der Waals surface area (Å²) in [5.41, 5.74) is 5.70. The zero-order chi connectivity index (χ0) is 37.1. The molecule has 272 valence electrons. The third kappa shape index (κ3) is 8.40. The van der Waals surface area contributed by atoms with Gasteiger partial charge in [0, 0.05) is 34.6 Å². The van der Waals surface area contributed by atoms with Crippen LogP contribution in [0, 0.1) is 11.8 Å². The van der Waals surface area contributed by atoms with Crippen LogP contribution in [0.1, 0.15) is 63.8 Å². The number of H-pyrrole nitrogens is 1. The Hall–Kier alpha value is -4.17. The van der Waals surface area contributed by atoms with E-state index in [-0.39, 0.29) is 37.2 Å². The first-order valence-electron chi connectivity index (χ1n) is 16.1. The van der Waals surface area contributed by atoms with Gasteiger partial charge in [0.15, 0.2) is 0 Å². The summed E-state index contributed by atoms with van der Waals surface area (Å²) in [7, 11) is 0. The van der Waals surface area contributed by atoms with Gasteiger partial charge < -0.3 is 40.9 Å². The SMILES string of the molecule is CCC(C)[C@H](NC(=O)[C@@]1(NC(=O)[C@H](C(C)CC)N(Cc2ccccc2OC(F)(F)F)C(=O)[O-])CCc2[nH]c3c(Cl)cc(Cl)cc3c2C1)C(N)=O. The number of rotatable bonds is 13. The van der Waals surface area contributed by atoms with Crippen molar-refractivity contribution in [1.29, 1.82) is 0 Å². The summed E-state index contributed by atoms with van der Waals surface area (Å²) >= 11 is 12.8. The maximum Gasteiger partial charge on any atom is 0.573 e. The molecule has 0 fully saturated rings. The largest absolute Gasteiger partial charge is 0.573 e. The van der Waals surface area contributed by atoms with Crippen LogP contribution in [0.25, 0.3) is 10.9 Å². The van der Waals surface area contributed by atoms with Crippen LogP contribution < -0.4 is 26.2 Å². The number of hydrogen-bond donors (Lipinski definition) is 4. The van der Waals surface area contributed by atoms with E-state index in [2.05, 4.69) is 20.4 Å². The van der Waals surface area contributed by atoms with Crippen LogP contribution in [-0.4, -0.2) is 57.7 Å². The Morgan fingerprint density at radius 3 is 2.36 bits per heavy atom. The van der Waals surface area contributed by atoms with E-state index in [1.807, 2.05) is 6.92 Å². The fraction of sp³-hybridized carbons (Fsp3) is 0.471. The number of hydrogen-bond acceptors (Lipinski definition) is 6. The van der Waals surface area contributed by atoms with Crippen molar-refractivity contribution < 1.29 is 42.2 Å². The first-order valence-corrected chi connectivity index (χ1v) is 16.9. The molecular weight excluding hydrogens is 702 g/mol. The van der Waals surface area contributed by atoms with Gasteiger partial charge >= 0.3 is 6.36 Å². The number of nitrogens with two attached hydrogens (primary N) is 1. The van der Waals surface area contributed by atoms with Gasteiger partial charge in [0.05, 0.1) is 10.5 Å². The van der Waals surface area contributed by atoms with E-state index < -0.39 is 66.0 Å². The van der Waals surface area contributed by atoms with Gasteiger partial charge in [-0.3, -0.25) is 14.4 Å². The summed E-state index contributed by atoms with van der Waals surface area (Å²) < 4.78 is 43.7. The number of primary amides is 1. The molecule has 0 spiro atoms. The molecule has 2 aromatic carbocycles. The smallest absolute Gasteiger partial charge is 0.530 e. The number of carboxylic acid groups (broad SMARTS) is 1. The third-order valence-electron chi connectivity index (χ3n) is 9.46. The maximum absolute atomic E-state index is 14.4.